The first-order valence-electron chi connectivity index (χ1n) is 11.9. The number of likely N-dealkylation sites (tertiary alicyclic amines) is 1. The van der Waals surface area contributed by atoms with Gasteiger partial charge in [0.1, 0.15) is 0 Å². The molecule has 1 aromatic carbocycles. The third-order valence-electron chi connectivity index (χ3n) is 7.05. The highest BCUT2D eigenvalue weighted by molar-refractivity contribution is 5.94. The molecule has 4 heteroatoms. The van der Waals surface area contributed by atoms with E-state index in [1.807, 2.05) is 12.1 Å². The van der Waals surface area contributed by atoms with Crippen molar-refractivity contribution in [3.8, 4) is 5.69 Å². The van der Waals surface area contributed by atoms with E-state index in [9.17, 15) is 4.79 Å². The molecule has 1 aliphatic carbocycles. The van der Waals surface area contributed by atoms with Gasteiger partial charge in [0, 0.05) is 41.8 Å². The minimum absolute atomic E-state index is 0.0355. The van der Waals surface area contributed by atoms with Crippen LogP contribution in [0.4, 0.5) is 0 Å². The smallest absolute Gasteiger partial charge is 0.251 e. The van der Waals surface area contributed by atoms with Crippen LogP contribution in [-0.2, 0) is 12.8 Å². The van der Waals surface area contributed by atoms with E-state index in [4.69, 9.17) is 0 Å². The van der Waals surface area contributed by atoms with Crippen molar-refractivity contribution in [3.05, 3.63) is 52.8 Å². The molecule has 2 atom stereocenters. The van der Waals surface area contributed by atoms with Gasteiger partial charge >= 0.3 is 0 Å². The molecule has 2 aromatic rings. The molecule has 1 saturated heterocycles. The summed E-state index contributed by atoms with van der Waals surface area (Å²) < 4.78 is 2.38. The topological polar surface area (TPSA) is 37.3 Å². The molecule has 0 spiro atoms. The number of carbonyl (C=O) groups excluding carboxylic acids is 1. The number of hydrogen-bond donors (Lipinski definition) is 1. The SMILES string of the molecule is Cc1cc2c(n1-c1ccc(C(=O)NCCCN3CCCC[C@@H]3C)cc1)CC[C@H](C)C2. The second kappa shape index (κ2) is 9.38. The molecule has 0 bridgehead atoms. The third kappa shape index (κ3) is 4.64. The third-order valence-corrected chi connectivity index (χ3v) is 7.05. The molecule has 2 aliphatic rings. The molecule has 4 nitrogen and oxygen atoms in total. The maximum atomic E-state index is 12.6. The van der Waals surface area contributed by atoms with Gasteiger partial charge in [-0.25, -0.2) is 0 Å². The predicted molar refractivity (Wildman–Crippen MR) is 124 cm³/mol. The molecule has 30 heavy (non-hydrogen) atoms. The van der Waals surface area contributed by atoms with Crippen molar-refractivity contribution in [2.24, 2.45) is 5.92 Å². The predicted octanol–water partition coefficient (Wildman–Crippen LogP) is 4.90. The first kappa shape index (κ1) is 21.2. The van der Waals surface area contributed by atoms with Gasteiger partial charge in [-0.1, -0.05) is 13.3 Å². The molecule has 1 aliphatic heterocycles. The van der Waals surface area contributed by atoms with Crippen LogP contribution in [0.2, 0.25) is 0 Å². The van der Waals surface area contributed by atoms with Gasteiger partial charge in [-0.15, -0.1) is 0 Å². The normalized spacial score (nSPS) is 22.0. The van der Waals surface area contributed by atoms with E-state index in [-0.39, 0.29) is 5.91 Å². The standard InChI is InChI=1S/C26H37N3O/c1-19-8-13-25-23(17-19)18-21(3)29(25)24-11-9-22(10-12-24)26(30)27-14-6-16-28-15-5-4-7-20(28)2/h9-12,18-20H,4-8,13-17H2,1-3H3,(H,27,30)/t19-,20-/m0/s1. The summed E-state index contributed by atoms with van der Waals surface area (Å²) in [7, 11) is 0. The Bertz CT molecular complexity index is 867. The Labute approximate surface area is 181 Å². The molecule has 0 radical (unpaired) electrons. The molecule has 0 saturated carbocycles. The van der Waals surface area contributed by atoms with Crippen molar-refractivity contribution in [1.29, 1.82) is 0 Å². The summed E-state index contributed by atoms with van der Waals surface area (Å²) in [5.74, 6) is 0.810. The number of amides is 1. The van der Waals surface area contributed by atoms with Crippen LogP contribution in [0.25, 0.3) is 5.69 Å². The van der Waals surface area contributed by atoms with E-state index in [1.165, 1.54) is 61.3 Å². The monoisotopic (exact) mass is 407 g/mol. The molecule has 0 unspecified atom stereocenters. The van der Waals surface area contributed by atoms with Crippen LogP contribution >= 0.6 is 0 Å². The van der Waals surface area contributed by atoms with Gasteiger partial charge in [-0.3, -0.25) is 4.79 Å². The largest absolute Gasteiger partial charge is 0.352 e. The van der Waals surface area contributed by atoms with Crippen LogP contribution in [-0.4, -0.2) is 41.1 Å². The van der Waals surface area contributed by atoms with Gasteiger partial charge < -0.3 is 14.8 Å². The van der Waals surface area contributed by atoms with Gasteiger partial charge in [0.25, 0.3) is 5.91 Å². The lowest BCUT2D eigenvalue weighted by Gasteiger charge is -2.33. The van der Waals surface area contributed by atoms with Crippen LogP contribution in [0.15, 0.2) is 30.3 Å². The second-order valence-corrected chi connectivity index (χ2v) is 9.48. The van der Waals surface area contributed by atoms with Crippen molar-refractivity contribution in [3.63, 3.8) is 0 Å². The van der Waals surface area contributed by atoms with E-state index in [2.05, 4.69) is 53.8 Å². The Hall–Kier alpha value is -2.07. The summed E-state index contributed by atoms with van der Waals surface area (Å²) in [6, 6.07) is 11.1. The number of aromatic nitrogens is 1. The zero-order valence-corrected chi connectivity index (χ0v) is 18.9. The van der Waals surface area contributed by atoms with Gasteiger partial charge in [0.2, 0.25) is 0 Å². The van der Waals surface area contributed by atoms with Gasteiger partial charge in [0.15, 0.2) is 0 Å². The van der Waals surface area contributed by atoms with Crippen LogP contribution in [0, 0.1) is 12.8 Å². The Balaban J connectivity index is 1.33. The van der Waals surface area contributed by atoms with Crippen molar-refractivity contribution in [2.45, 2.75) is 71.8 Å². The van der Waals surface area contributed by atoms with Crippen LogP contribution < -0.4 is 5.32 Å². The fourth-order valence-corrected chi connectivity index (χ4v) is 5.26. The van der Waals surface area contributed by atoms with Gasteiger partial charge in [0.05, 0.1) is 0 Å². The molecule has 4 rings (SSSR count). The van der Waals surface area contributed by atoms with Crippen molar-refractivity contribution in [1.82, 2.24) is 14.8 Å². The summed E-state index contributed by atoms with van der Waals surface area (Å²) in [4.78, 5) is 15.1. The van der Waals surface area contributed by atoms with E-state index in [0.29, 0.717) is 6.04 Å². The number of rotatable bonds is 6. The summed E-state index contributed by atoms with van der Waals surface area (Å²) in [6.45, 7) is 9.88. The summed E-state index contributed by atoms with van der Waals surface area (Å²) in [5.41, 5.74) is 6.15. The molecule has 1 amide bonds. The lowest BCUT2D eigenvalue weighted by molar-refractivity contribution is 0.0949. The van der Waals surface area contributed by atoms with E-state index in [0.717, 1.165) is 37.4 Å². The Morgan fingerprint density at radius 3 is 2.70 bits per heavy atom. The second-order valence-electron chi connectivity index (χ2n) is 9.48. The summed E-state index contributed by atoms with van der Waals surface area (Å²) >= 11 is 0. The summed E-state index contributed by atoms with van der Waals surface area (Å²) in [6.07, 6.45) is 8.57. The number of fused-ring (bicyclic) bond motifs is 1. The molecule has 162 valence electrons. The quantitative estimate of drug-likeness (QED) is 0.691. The highest BCUT2D eigenvalue weighted by Gasteiger charge is 2.21. The van der Waals surface area contributed by atoms with Crippen LogP contribution in [0.1, 0.15) is 73.3 Å². The fraction of sp³-hybridized carbons (Fsp3) is 0.577. The minimum Gasteiger partial charge on any atom is -0.352 e. The van der Waals surface area contributed by atoms with E-state index < -0.39 is 0 Å². The number of carbonyl (C=O) groups is 1. The van der Waals surface area contributed by atoms with Crippen molar-refractivity contribution < 1.29 is 4.79 Å². The molecular weight excluding hydrogens is 370 g/mol. The number of hydrogen-bond acceptors (Lipinski definition) is 2. The summed E-state index contributed by atoms with van der Waals surface area (Å²) in [5, 5.41) is 3.10. The molecule has 1 fully saturated rings. The average Bonchev–Trinajstić information content (AvgIpc) is 3.07. The van der Waals surface area contributed by atoms with Crippen molar-refractivity contribution in [2.75, 3.05) is 19.6 Å². The number of aryl methyl sites for hydroxylation is 1. The molecule has 2 heterocycles. The first-order valence-corrected chi connectivity index (χ1v) is 11.9. The first-order chi connectivity index (χ1) is 14.5. The number of piperidine rings is 1. The number of benzene rings is 1. The fourth-order valence-electron chi connectivity index (χ4n) is 5.26. The number of nitrogens with one attached hydrogen (secondary N) is 1. The maximum absolute atomic E-state index is 12.6. The van der Waals surface area contributed by atoms with Gasteiger partial charge in [-0.2, -0.15) is 0 Å². The Morgan fingerprint density at radius 1 is 1.13 bits per heavy atom. The lowest BCUT2D eigenvalue weighted by atomic mass is 9.89. The Morgan fingerprint density at radius 2 is 1.93 bits per heavy atom. The minimum atomic E-state index is 0.0355. The average molecular weight is 408 g/mol. The Kier molecular flexibility index (Phi) is 6.62. The lowest BCUT2D eigenvalue weighted by Crippen LogP contribution is -2.39. The molecule has 1 N–H and O–H groups in total. The van der Waals surface area contributed by atoms with Crippen molar-refractivity contribution >= 4 is 5.91 Å². The van der Waals surface area contributed by atoms with Crippen LogP contribution in [0.3, 0.4) is 0 Å². The van der Waals surface area contributed by atoms with Gasteiger partial charge in [-0.05, 0) is 101 Å². The highest BCUT2D eigenvalue weighted by Crippen LogP contribution is 2.30. The number of nitrogens with zero attached hydrogens (tertiary/aromatic N) is 2. The zero-order chi connectivity index (χ0) is 21.1. The van der Waals surface area contributed by atoms with E-state index >= 15 is 0 Å². The molecular formula is C26H37N3O. The zero-order valence-electron chi connectivity index (χ0n) is 18.9. The molecule has 1 aromatic heterocycles. The van der Waals surface area contributed by atoms with Crippen LogP contribution in [0.5, 0.6) is 0 Å². The van der Waals surface area contributed by atoms with E-state index in [1.54, 1.807) is 0 Å². The maximum Gasteiger partial charge on any atom is 0.251 e. The highest BCUT2D eigenvalue weighted by atomic mass is 16.1.